The van der Waals surface area contributed by atoms with Crippen molar-refractivity contribution < 1.29 is 14.3 Å². The Labute approximate surface area is 131 Å². The third-order valence-corrected chi connectivity index (χ3v) is 4.28. The maximum atomic E-state index is 12.6. The molecule has 5 heteroatoms. The van der Waals surface area contributed by atoms with Crippen LogP contribution in [0.15, 0.2) is 12.1 Å². The zero-order chi connectivity index (χ0) is 15.6. The zero-order valence-corrected chi connectivity index (χ0v) is 13.7. The quantitative estimate of drug-likeness (QED) is 0.805. The molecule has 1 unspecified atom stereocenters. The summed E-state index contributed by atoms with van der Waals surface area (Å²) in [5.74, 6) is 1.55. The molecular formula is C16H22ClNO3. The second-order valence-corrected chi connectivity index (χ2v) is 5.82. The van der Waals surface area contributed by atoms with Gasteiger partial charge in [0.25, 0.3) is 5.91 Å². The predicted molar refractivity (Wildman–Crippen MR) is 83.5 cm³/mol. The summed E-state index contributed by atoms with van der Waals surface area (Å²) in [6, 6.07) is 3.58. The molecule has 0 aromatic heterocycles. The van der Waals surface area contributed by atoms with E-state index in [0.717, 1.165) is 0 Å². The average molecular weight is 312 g/mol. The minimum Gasteiger partial charge on any atom is -0.493 e. The smallest absolute Gasteiger partial charge is 0.254 e. The normalized spacial score (nSPS) is 15.5. The van der Waals surface area contributed by atoms with Gasteiger partial charge in [-0.2, -0.15) is 0 Å². The van der Waals surface area contributed by atoms with Crippen LogP contribution in [0, 0.1) is 5.92 Å². The lowest BCUT2D eigenvalue weighted by Crippen LogP contribution is -2.36. The number of benzene rings is 1. The Bertz CT molecular complexity index is 528. The second-order valence-electron chi connectivity index (χ2n) is 5.42. The molecule has 0 spiro atoms. The topological polar surface area (TPSA) is 38.8 Å². The molecule has 1 aliphatic carbocycles. The number of methoxy groups -OCH3 is 1. The SMILES string of the molecule is CCOc1c(Cl)cc(C(=O)N(C)C(C)C2CC2)cc1OC. The van der Waals surface area contributed by atoms with Gasteiger partial charge in [-0.1, -0.05) is 11.6 Å². The average Bonchev–Trinajstić information content (AvgIpc) is 3.31. The molecule has 1 fully saturated rings. The highest BCUT2D eigenvalue weighted by molar-refractivity contribution is 6.32. The minimum absolute atomic E-state index is 0.0438. The summed E-state index contributed by atoms with van der Waals surface area (Å²) in [7, 11) is 3.38. The molecule has 1 atom stereocenters. The van der Waals surface area contributed by atoms with Crippen molar-refractivity contribution >= 4 is 17.5 Å². The summed E-state index contributed by atoms with van der Waals surface area (Å²) in [5.41, 5.74) is 0.523. The molecule has 4 nitrogen and oxygen atoms in total. The van der Waals surface area contributed by atoms with Crippen molar-refractivity contribution in [2.45, 2.75) is 32.7 Å². The fourth-order valence-electron chi connectivity index (χ4n) is 2.41. The molecule has 0 saturated heterocycles. The Balaban J connectivity index is 2.26. The monoisotopic (exact) mass is 311 g/mol. The molecule has 0 aliphatic heterocycles. The summed E-state index contributed by atoms with van der Waals surface area (Å²) in [6.45, 7) is 4.45. The summed E-state index contributed by atoms with van der Waals surface area (Å²) in [6.07, 6.45) is 2.40. The Hall–Kier alpha value is -1.42. The van der Waals surface area contributed by atoms with Crippen LogP contribution in [-0.4, -0.2) is 37.6 Å². The number of carbonyl (C=O) groups is 1. The van der Waals surface area contributed by atoms with Crippen molar-refractivity contribution in [3.05, 3.63) is 22.7 Å². The second kappa shape index (κ2) is 6.56. The summed E-state index contributed by atoms with van der Waals surface area (Å²) < 4.78 is 10.8. The lowest BCUT2D eigenvalue weighted by atomic mass is 10.1. The van der Waals surface area contributed by atoms with Gasteiger partial charge >= 0.3 is 0 Å². The minimum atomic E-state index is -0.0438. The van der Waals surface area contributed by atoms with Crippen LogP contribution in [0.1, 0.15) is 37.0 Å². The predicted octanol–water partition coefficient (Wildman–Crippen LogP) is 3.62. The molecule has 1 aromatic rings. The molecule has 1 saturated carbocycles. The van der Waals surface area contributed by atoms with E-state index in [4.69, 9.17) is 21.1 Å². The largest absolute Gasteiger partial charge is 0.493 e. The van der Waals surface area contributed by atoms with Crippen molar-refractivity contribution in [2.24, 2.45) is 5.92 Å². The number of carbonyl (C=O) groups excluding carboxylic acids is 1. The first-order chi connectivity index (χ1) is 9.99. The molecule has 1 aromatic carbocycles. The molecular weight excluding hydrogens is 290 g/mol. The van der Waals surface area contributed by atoms with Crippen LogP contribution in [-0.2, 0) is 0 Å². The zero-order valence-electron chi connectivity index (χ0n) is 13.0. The lowest BCUT2D eigenvalue weighted by molar-refractivity contribution is 0.0727. The van der Waals surface area contributed by atoms with Crippen LogP contribution in [0.2, 0.25) is 5.02 Å². The van der Waals surface area contributed by atoms with Gasteiger partial charge in [-0.25, -0.2) is 0 Å². The maximum absolute atomic E-state index is 12.6. The van der Waals surface area contributed by atoms with E-state index >= 15 is 0 Å². The van der Waals surface area contributed by atoms with Crippen LogP contribution in [0.4, 0.5) is 0 Å². The van der Waals surface area contributed by atoms with Gasteiger partial charge in [0.15, 0.2) is 11.5 Å². The molecule has 0 bridgehead atoms. The number of hydrogen-bond acceptors (Lipinski definition) is 3. The van der Waals surface area contributed by atoms with E-state index < -0.39 is 0 Å². The van der Waals surface area contributed by atoms with Gasteiger partial charge in [0.1, 0.15) is 0 Å². The van der Waals surface area contributed by atoms with Gasteiger partial charge in [0.05, 0.1) is 18.7 Å². The molecule has 0 heterocycles. The summed E-state index contributed by atoms with van der Waals surface area (Å²) in [4.78, 5) is 14.4. The molecule has 21 heavy (non-hydrogen) atoms. The van der Waals surface area contributed by atoms with Gasteiger partial charge in [-0.05, 0) is 44.7 Å². The van der Waals surface area contributed by atoms with Gasteiger partial charge in [-0.15, -0.1) is 0 Å². The first-order valence-electron chi connectivity index (χ1n) is 7.27. The first kappa shape index (κ1) is 16.0. The molecule has 1 amide bonds. The van der Waals surface area contributed by atoms with E-state index in [-0.39, 0.29) is 11.9 Å². The van der Waals surface area contributed by atoms with Gasteiger partial charge < -0.3 is 14.4 Å². The maximum Gasteiger partial charge on any atom is 0.254 e. The van der Waals surface area contributed by atoms with Crippen LogP contribution < -0.4 is 9.47 Å². The van der Waals surface area contributed by atoms with E-state index in [1.165, 1.54) is 12.8 Å². The van der Waals surface area contributed by atoms with Crippen molar-refractivity contribution in [1.82, 2.24) is 4.90 Å². The molecule has 1 aliphatic rings. The van der Waals surface area contributed by atoms with Crippen molar-refractivity contribution in [3.8, 4) is 11.5 Å². The van der Waals surface area contributed by atoms with E-state index in [1.807, 2.05) is 14.0 Å². The molecule has 2 rings (SSSR count). The highest BCUT2D eigenvalue weighted by Gasteiger charge is 2.33. The Kier molecular flexibility index (Phi) is 4.99. The number of ether oxygens (including phenoxy) is 2. The Morgan fingerprint density at radius 1 is 1.48 bits per heavy atom. The standard InChI is InChI=1S/C16H22ClNO3/c1-5-21-15-13(17)8-12(9-14(15)20-4)16(19)18(3)10(2)11-6-7-11/h8-11H,5-7H2,1-4H3. The Morgan fingerprint density at radius 2 is 2.14 bits per heavy atom. The van der Waals surface area contributed by atoms with E-state index in [0.29, 0.717) is 34.6 Å². The van der Waals surface area contributed by atoms with Gasteiger partial charge in [-0.3, -0.25) is 4.79 Å². The molecule has 0 radical (unpaired) electrons. The number of hydrogen-bond donors (Lipinski definition) is 0. The van der Waals surface area contributed by atoms with Crippen molar-refractivity contribution in [1.29, 1.82) is 0 Å². The van der Waals surface area contributed by atoms with Crippen LogP contribution in [0.5, 0.6) is 11.5 Å². The van der Waals surface area contributed by atoms with E-state index in [1.54, 1.807) is 24.1 Å². The van der Waals surface area contributed by atoms with Crippen molar-refractivity contribution in [2.75, 3.05) is 20.8 Å². The Morgan fingerprint density at radius 3 is 2.67 bits per heavy atom. The van der Waals surface area contributed by atoms with Crippen molar-refractivity contribution in [3.63, 3.8) is 0 Å². The summed E-state index contributed by atoms with van der Waals surface area (Å²) in [5, 5.41) is 0.395. The van der Waals surface area contributed by atoms with E-state index in [2.05, 4.69) is 6.92 Å². The highest BCUT2D eigenvalue weighted by Crippen LogP contribution is 2.38. The van der Waals surface area contributed by atoms with Crippen LogP contribution in [0.25, 0.3) is 0 Å². The number of nitrogens with zero attached hydrogens (tertiary/aromatic N) is 1. The number of rotatable bonds is 6. The van der Waals surface area contributed by atoms with Crippen LogP contribution in [0.3, 0.4) is 0 Å². The molecule has 116 valence electrons. The van der Waals surface area contributed by atoms with Gasteiger partial charge in [0, 0.05) is 18.7 Å². The van der Waals surface area contributed by atoms with Gasteiger partial charge in [0.2, 0.25) is 0 Å². The fraction of sp³-hybridized carbons (Fsp3) is 0.562. The molecule has 0 N–H and O–H groups in total. The fourth-order valence-corrected chi connectivity index (χ4v) is 2.68. The van der Waals surface area contributed by atoms with Crippen LogP contribution >= 0.6 is 11.6 Å². The third kappa shape index (κ3) is 3.43. The first-order valence-corrected chi connectivity index (χ1v) is 7.64. The number of amides is 1. The van der Waals surface area contributed by atoms with E-state index in [9.17, 15) is 4.79 Å². The third-order valence-electron chi connectivity index (χ3n) is 4.00. The summed E-state index contributed by atoms with van der Waals surface area (Å²) >= 11 is 6.22. The lowest BCUT2D eigenvalue weighted by Gasteiger charge is -2.25. The highest BCUT2D eigenvalue weighted by atomic mass is 35.5. The number of halogens is 1.